The number of aromatic nitrogens is 2. The number of hydrogen-bond acceptors (Lipinski definition) is 4. The van der Waals surface area contributed by atoms with Crippen LogP contribution in [0.1, 0.15) is 50.8 Å². The van der Waals surface area contributed by atoms with Gasteiger partial charge in [-0.15, -0.1) is 0 Å². The second-order valence-corrected chi connectivity index (χ2v) is 8.79. The minimum absolute atomic E-state index is 0.184. The van der Waals surface area contributed by atoms with Crippen LogP contribution in [0.5, 0.6) is 0 Å². The van der Waals surface area contributed by atoms with Gasteiger partial charge in [0.2, 0.25) is 0 Å². The van der Waals surface area contributed by atoms with Gasteiger partial charge in [-0.3, -0.25) is 4.68 Å². The van der Waals surface area contributed by atoms with Crippen molar-refractivity contribution in [3.63, 3.8) is 0 Å². The molecule has 0 radical (unpaired) electrons. The zero-order valence-electron chi connectivity index (χ0n) is 13.3. The molecule has 1 aromatic rings. The first kappa shape index (κ1) is 16.5. The van der Waals surface area contributed by atoms with Crippen LogP contribution in [0.3, 0.4) is 0 Å². The van der Waals surface area contributed by atoms with Crippen molar-refractivity contribution in [3.8, 4) is 0 Å². The number of sulfone groups is 1. The van der Waals surface area contributed by atoms with Crippen molar-refractivity contribution in [1.29, 1.82) is 0 Å². The summed E-state index contributed by atoms with van der Waals surface area (Å²) in [6, 6.07) is 0. The fourth-order valence-electron chi connectivity index (χ4n) is 2.44. The molecular weight excluding hydrogens is 286 g/mol. The van der Waals surface area contributed by atoms with E-state index in [1.165, 1.54) is 24.1 Å². The van der Waals surface area contributed by atoms with Gasteiger partial charge in [-0.1, -0.05) is 20.8 Å². The topological polar surface area (TPSA) is 64.0 Å². The highest BCUT2D eigenvalue weighted by Gasteiger charge is 2.30. The van der Waals surface area contributed by atoms with Gasteiger partial charge in [0.25, 0.3) is 0 Å². The molecule has 1 aliphatic rings. The fourth-order valence-corrected chi connectivity index (χ4v) is 3.18. The lowest BCUT2D eigenvalue weighted by Crippen LogP contribution is -2.20. The SMILES string of the molecule is CCS(=O)(=O)CCn1ncc(CNCC(C)C)c1C1CC1. The smallest absolute Gasteiger partial charge is 0.151 e. The average Bonchev–Trinajstić information content (AvgIpc) is 3.18. The molecule has 1 heterocycles. The Morgan fingerprint density at radius 2 is 2.14 bits per heavy atom. The van der Waals surface area contributed by atoms with E-state index < -0.39 is 9.84 Å². The molecule has 1 fully saturated rings. The van der Waals surface area contributed by atoms with Crippen molar-refractivity contribution in [2.45, 2.75) is 52.6 Å². The summed E-state index contributed by atoms with van der Waals surface area (Å²) in [5.74, 6) is 1.59. The van der Waals surface area contributed by atoms with E-state index in [9.17, 15) is 8.42 Å². The average molecular weight is 313 g/mol. The molecule has 1 aromatic heterocycles. The third-order valence-electron chi connectivity index (χ3n) is 3.85. The highest BCUT2D eigenvalue weighted by atomic mass is 32.2. The maximum absolute atomic E-state index is 11.7. The van der Waals surface area contributed by atoms with E-state index in [0.29, 0.717) is 18.4 Å². The quantitative estimate of drug-likeness (QED) is 0.757. The third-order valence-corrected chi connectivity index (χ3v) is 5.53. The van der Waals surface area contributed by atoms with Crippen LogP contribution in [-0.4, -0.2) is 36.2 Å². The summed E-state index contributed by atoms with van der Waals surface area (Å²) in [4.78, 5) is 0. The van der Waals surface area contributed by atoms with Crippen molar-refractivity contribution >= 4 is 9.84 Å². The molecule has 0 atom stereocenters. The molecule has 120 valence electrons. The number of hydrogen-bond donors (Lipinski definition) is 1. The van der Waals surface area contributed by atoms with E-state index >= 15 is 0 Å². The highest BCUT2D eigenvalue weighted by molar-refractivity contribution is 7.91. The molecule has 0 aliphatic heterocycles. The van der Waals surface area contributed by atoms with Crippen molar-refractivity contribution < 1.29 is 8.42 Å². The zero-order valence-corrected chi connectivity index (χ0v) is 14.1. The predicted octanol–water partition coefficient (Wildman–Crippen LogP) is 1.94. The molecule has 0 bridgehead atoms. The maximum Gasteiger partial charge on any atom is 0.151 e. The van der Waals surface area contributed by atoms with E-state index in [1.807, 2.05) is 10.9 Å². The molecule has 0 unspecified atom stereocenters. The molecule has 0 aromatic carbocycles. The Morgan fingerprint density at radius 3 is 2.71 bits per heavy atom. The van der Waals surface area contributed by atoms with Crippen LogP contribution in [0.15, 0.2) is 6.20 Å². The van der Waals surface area contributed by atoms with Gasteiger partial charge in [0.05, 0.1) is 18.5 Å². The molecule has 5 nitrogen and oxygen atoms in total. The lowest BCUT2D eigenvalue weighted by atomic mass is 10.1. The van der Waals surface area contributed by atoms with Gasteiger partial charge in [-0.05, 0) is 25.3 Å². The van der Waals surface area contributed by atoms with Crippen LogP contribution in [0.4, 0.5) is 0 Å². The lowest BCUT2D eigenvalue weighted by molar-refractivity contribution is 0.548. The maximum atomic E-state index is 11.7. The Kier molecular flexibility index (Phi) is 5.43. The summed E-state index contributed by atoms with van der Waals surface area (Å²) in [5.41, 5.74) is 2.48. The zero-order chi connectivity index (χ0) is 15.5. The van der Waals surface area contributed by atoms with Crippen molar-refractivity contribution in [2.24, 2.45) is 5.92 Å². The third kappa shape index (κ3) is 4.81. The summed E-state index contributed by atoms with van der Waals surface area (Å²) < 4.78 is 25.3. The van der Waals surface area contributed by atoms with Crippen molar-refractivity contribution in [1.82, 2.24) is 15.1 Å². The van der Waals surface area contributed by atoms with Gasteiger partial charge < -0.3 is 5.32 Å². The molecule has 0 spiro atoms. The predicted molar refractivity (Wildman–Crippen MR) is 85.1 cm³/mol. The van der Waals surface area contributed by atoms with E-state index in [-0.39, 0.29) is 11.5 Å². The summed E-state index contributed by atoms with van der Waals surface area (Å²) in [6.07, 6.45) is 4.30. The van der Waals surface area contributed by atoms with Crippen LogP contribution < -0.4 is 5.32 Å². The summed E-state index contributed by atoms with van der Waals surface area (Å²) in [7, 11) is -2.94. The first-order chi connectivity index (χ1) is 9.93. The molecular formula is C15H27N3O2S. The Hall–Kier alpha value is -0.880. The monoisotopic (exact) mass is 313 g/mol. The largest absolute Gasteiger partial charge is 0.312 e. The van der Waals surface area contributed by atoms with Crippen LogP contribution in [0.25, 0.3) is 0 Å². The normalized spacial score (nSPS) is 15.8. The molecule has 2 rings (SSSR count). The van der Waals surface area contributed by atoms with E-state index in [2.05, 4.69) is 24.3 Å². The minimum atomic E-state index is -2.94. The fraction of sp³-hybridized carbons (Fsp3) is 0.800. The Bertz CT molecular complexity index is 559. The van der Waals surface area contributed by atoms with Gasteiger partial charge in [-0.2, -0.15) is 5.10 Å². The number of nitrogens with one attached hydrogen (secondary N) is 1. The van der Waals surface area contributed by atoms with Gasteiger partial charge in [-0.25, -0.2) is 8.42 Å². The Morgan fingerprint density at radius 1 is 1.43 bits per heavy atom. The Labute approximate surface area is 128 Å². The number of nitrogens with zero attached hydrogens (tertiary/aromatic N) is 2. The van der Waals surface area contributed by atoms with Crippen molar-refractivity contribution in [3.05, 3.63) is 17.5 Å². The van der Waals surface area contributed by atoms with Gasteiger partial charge >= 0.3 is 0 Å². The first-order valence-electron chi connectivity index (χ1n) is 7.88. The molecule has 1 N–H and O–H groups in total. The first-order valence-corrected chi connectivity index (χ1v) is 9.70. The summed E-state index contributed by atoms with van der Waals surface area (Å²) in [5, 5.41) is 7.87. The second-order valence-electron chi connectivity index (χ2n) is 6.31. The summed E-state index contributed by atoms with van der Waals surface area (Å²) in [6.45, 7) is 8.36. The molecule has 6 heteroatoms. The lowest BCUT2D eigenvalue weighted by Gasteiger charge is -2.10. The van der Waals surface area contributed by atoms with E-state index in [4.69, 9.17) is 0 Å². The number of rotatable bonds is 9. The standard InChI is InChI=1S/C15H27N3O2S/c1-4-21(19,20)8-7-18-15(13-5-6-13)14(11-17-18)10-16-9-12(2)3/h11-13,16H,4-10H2,1-3H3. The van der Waals surface area contributed by atoms with Crippen LogP contribution in [0, 0.1) is 5.92 Å². The second kappa shape index (κ2) is 6.92. The van der Waals surface area contributed by atoms with Crippen LogP contribution >= 0.6 is 0 Å². The highest BCUT2D eigenvalue weighted by Crippen LogP contribution is 2.41. The molecule has 21 heavy (non-hydrogen) atoms. The van der Waals surface area contributed by atoms with Gasteiger partial charge in [0, 0.05) is 29.5 Å². The molecule has 1 saturated carbocycles. The van der Waals surface area contributed by atoms with Crippen molar-refractivity contribution in [2.75, 3.05) is 18.1 Å². The number of aryl methyl sites for hydroxylation is 1. The Balaban J connectivity index is 2.03. The van der Waals surface area contributed by atoms with E-state index in [0.717, 1.165) is 13.1 Å². The van der Waals surface area contributed by atoms with Crippen LogP contribution in [0.2, 0.25) is 0 Å². The molecule has 0 saturated heterocycles. The van der Waals surface area contributed by atoms with Crippen LogP contribution in [-0.2, 0) is 22.9 Å². The van der Waals surface area contributed by atoms with E-state index in [1.54, 1.807) is 6.92 Å². The molecule has 0 amide bonds. The minimum Gasteiger partial charge on any atom is -0.312 e. The van der Waals surface area contributed by atoms with Gasteiger partial charge in [0.15, 0.2) is 9.84 Å². The molecule has 1 aliphatic carbocycles. The summed E-state index contributed by atoms with van der Waals surface area (Å²) >= 11 is 0. The van der Waals surface area contributed by atoms with Gasteiger partial charge in [0.1, 0.15) is 0 Å².